The van der Waals surface area contributed by atoms with Crippen molar-refractivity contribution in [1.29, 1.82) is 0 Å². The van der Waals surface area contributed by atoms with Gasteiger partial charge in [0.15, 0.2) is 5.65 Å². The summed E-state index contributed by atoms with van der Waals surface area (Å²) in [6.45, 7) is 5.25. The van der Waals surface area contributed by atoms with Crippen molar-refractivity contribution in [2.75, 3.05) is 16.8 Å². The second-order valence-corrected chi connectivity index (χ2v) is 7.03. The summed E-state index contributed by atoms with van der Waals surface area (Å²) in [6, 6.07) is 5.67. The maximum atomic E-state index is 12.5. The zero-order valence-corrected chi connectivity index (χ0v) is 15.4. The molecule has 8 nitrogen and oxygen atoms in total. The zero-order chi connectivity index (χ0) is 19.0. The van der Waals surface area contributed by atoms with Crippen LogP contribution in [-0.4, -0.2) is 38.1 Å². The largest absolute Gasteiger partial charge is 0.354 e. The molecule has 0 spiro atoms. The molecule has 1 unspecified atom stereocenters. The van der Waals surface area contributed by atoms with E-state index in [9.17, 15) is 9.59 Å². The summed E-state index contributed by atoms with van der Waals surface area (Å²) in [7, 11) is 0. The van der Waals surface area contributed by atoms with Crippen molar-refractivity contribution in [3.8, 4) is 0 Å². The molecule has 3 aromatic heterocycles. The van der Waals surface area contributed by atoms with Gasteiger partial charge in [-0.3, -0.25) is 4.79 Å². The van der Waals surface area contributed by atoms with Gasteiger partial charge in [0.1, 0.15) is 5.82 Å². The fraction of sp³-hybridized carbons (Fsp3) is 0.368. The Bertz CT molecular complexity index is 1050. The van der Waals surface area contributed by atoms with Gasteiger partial charge in [-0.05, 0) is 56.9 Å². The van der Waals surface area contributed by atoms with E-state index in [0.29, 0.717) is 22.9 Å². The molecule has 1 saturated heterocycles. The number of anilines is 2. The molecule has 2 N–H and O–H groups in total. The van der Waals surface area contributed by atoms with Gasteiger partial charge in [-0.2, -0.15) is 5.10 Å². The molecular weight excluding hydrogens is 344 g/mol. The predicted octanol–water partition coefficient (Wildman–Crippen LogP) is 2.36. The number of piperidine rings is 1. The van der Waals surface area contributed by atoms with Gasteiger partial charge in [0, 0.05) is 18.8 Å². The van der Waals surface area contributed by atoms with Crippen molar-refractivity contribution < 1.29 is 4.79 Å². The van der Waals surface area contributed by atoms with Gasteiger partial charge in [0.2, 0.25) is 0 Å². The molecule has 140 valence electrons. The van der Waals surface area contributed by atoms with E-state index in [1.807, 2.05) is 13.0 Å². The Balaban J connectivity index is 1.54. The zero-order valence-electron chi connectivity index (χ0n) is 15.4. The van der Waals surface area contributed by atoms with E-state index in [1.165, 1.54) is 29.9 Å². The Labute approximate surface area is 156 Å². The lowest BCUT2D eigenvalue weighted by molar-refractivity contribution is 0.102. The first-order valence-corrected chi connectivity index (χ1v) is 9.14. The number of hydrogen-bond donors (Lipinski definition) is 2. The highest BCUT2D eigenvalue weighted by molar-refractivity contribution is 6.04. The van der Waals surface area contributed by atoms with Crippen LogP contribution < -0.4 is 15.9 Å². The molecule has 3 aromatic rings. The van der Waals surface area contributed by atoms with Crippen molar-refractivity contribution in [1.82, 2.24) is 19.6 Å². The third kappa shape index (κ3) is 3.30. The van der Waals surface area contributed by atoms with Crippen LogP contribution in [0.3, 0.4) is 0 Å². The van der Waals surface area contributed by atoms with Crippen LogP contribution in [0.4, 0.5) is 11.5 Å². The van der Waals surface area contributed by atoms with E-state index in [-0.39, 0.29) is 11.6 Å². The normalized spacial score (nSPS) is 17.3. The van der Waals surface area contributed by atoms with Crippen molar-refractivity contribution in [2.45, 2.75) is 39.2 Å². The molecule has 8 heteroatoms. The number of carbonyl (C=O) groups is 1. The van der Waals surface area contributed by atoms with Crippen molar-refractivity contribution in [2.24, 2.45) is 0 Å². The van der Waals surface area contributed by atoms with Gasteiger partial charge in [0.25, 0.3) is 5.91 Å². The summed E-state index contributed by atoms with van der Waals surface area (Å²) < 4.78 is 1.30. The lowest BCUT2D eigenvalue weighted by Gasteiger charge is -2.35. The summed E-state index contributed by atoms with van der Waals surface area (Å²) in [5.74, 6) is 0.678. The van der Waals surface area contributed by atoms with Crippen LogP contribution in [0, 0.1) is 6.92 Å². The predicted molar refractivity (Wildman–Crippen MR) is 103 cm³/mol. The van der Waals surface area contributed by atoms with Crippen molar-refractivity contribution >= 4 is 23.1 Å². The molecule has 0 saturated carbocycles. The van der Waals surface area contributed by atoms with Gasteiger partial charge in [-0.15, -0.1) is 0 Å². The molecule has 1 fully saturated rings. The minimum absolute atomic E-state index is 0.301. The van der Waals surface area contributed by atoms with E-state index < -0.39 is 0 Å². The second-order valence-electron chi connectivity index (χ2n) is 7.03. The molecule has 0 radical (unpaired) electrons. The Morgan fingerprint density at radius 2 is 2.19 bits per heavy atom. The van der Waals surface area contributed by atoms with Gasteiger partial charge in [-0.1, -0.05) is 0 Å². The number of nitrogens with one attached hydrogen (secondary N) is 2. The number of fused-ring (bicyclic) bond motifs is 1. The number of hydrogen-bond acceptors (Lipinski definition) is 5. The minimum atomic E-state index is -0.378. The fourth-order valence-corrected chi connectivity index (χ4v) is 3.59. The number of aryl methyl sites for hydroxylation is 1. The molecular formula is C19H22N6O2. The number of pyridine rings is 2. The number of nitrogens with zero attached hydrogens (tertiary/aromatic N) is 4. The lowest BCUT2D eigenvalue weighted by atomic mass is 10.0. The molecule has 1 aliphatic rings. The highest BCUT2D eigenvalue weighted by Crippen LogP contribution is 2.27. The average molecular weight is 366 g/mol. The van der Waals surface area contributed by atoms with Gasteiger partial charge < -0.3 is 10.2 Å². The SMILES string of the molecule is Cc1cc(NC(=O)c2ccc3n[nH]c(=O)n3c2)cnc1N1CCCCC1C. The number of carbonyl (C=O) groups excluding carboxylic acids is 1. The Hall–Kier alpha value is -3.16. The summed E-state index contributed by atoms with van der Waals surface area (Å²) in [5.41, 5.74) is 2.12. The average Bonchev–Trinajstić information content (AvgIpc) is 3.03. The number of aromatic amines is 1. The smallest absolute Gasteiger partial charge is 0.347 e. The maximum absolute atomic E-state index is 12.5. The van der Waals surface area contributed by atoms with E-state index >= 15 is 0 Å². The first-order valence-electron chi connectivity index (χ1n) is 9.14. The van der Waals surface area contributed by atoms with E-state index in [4.69, 9.17) is 0 Å². The van der Waals surface area contributed by atoms with Crippen LogP contribution in [-0.2, 0) is 0 Å². The van der Waals surface area contributed by atoms with Crippen LogP contribution in [0.2, 0.25) is 0 Å². The monoisotopic (exact) mass is 366 g/mol. The maximum Gasteiger partial charge on any atom is 0.347 e. The van der Waals surface area contributed by atoms with Crippen LogP contribution >= 0.6 is 0 Å². The number of amides is 1. The summed E-state index contributed by atoms with van der Waals surface area (Å²) in [5, 5.41) is 9.06. The molecule has 4 heterocycles. The molecule has 0 aromatic carbocycles. The third-order valence-corrected chi connectivity index (χ3v) is 5.06. The van der Waals surface area contributed by atoms with E-state index in [2.05, 4.69) is 32.3 Å². The quantitative estimate of drug-likeness (QED) is 0.742. The Morgan fingerprint density at radius 3 is 2.96 bits per heavy atom. The van der Waals surface area contributed by atoms with E-state index in [1.54, 1.807) is 18.3 Å². The summed E-state index contributed by atoms with van der Waals surface area (Å²) in [4.78, 5) is 31.1. The number of aromatic nitrogens is 4. The highest BCUT2D eigenvalue weighted by Gasteiger charge is 2.21. The lowest BCUT2D eigenvalue weighted by Crippen LogP contribution is -2.38. The Morgan fingerprint density at radius 1 is 1.33 bits per heavy atom. The summed E-state index contributed by atoms with van der Waals surface area (Å²) >= 11 is 0. The topological polar surface area (TPSA) is 95.4 Å². The molecule has 0 aliphatic carbocycles. The Kier molecular flexibility index (Phi) is 4.39. The van der Waals surface area contributed by atoms with Crippen LogP contribution in [0.15, 0.2) is 35.4 Å². The van der Waals surface area contributed by atoms with E-state index in [0.717, 1.165) is 17.9 Å². The first kappa shape index (κ1) is 17.3. The molecule has 1 atom stereocenters. The molecule has 4 rings (SSSR count). The molecule has 27 heavy (non-hydrogen) atoms. The standard InChI is InChI=1S/C19H22N6O2/c1-12-9-15(10-20-17(12)24-8-4-3-5-13(24)2)21-18(26)14-6-7-16-22-23-19(27)25(16)11-14/h6-7,9-11,13H,3-5,8H2,1-2H3,(H,21,26)(H,23,27). The fourth-order valence-electron chi connectivity index (χ4n) is 3.59. The van der Waals surface area contributed by atoms with Crippen LogP contribution in [0.1, 0.15) is 42.1 Å². The van der Waals surface area contributed by atoms with Crippen LogP contribution in [0.5, 0.6) is 0 Å². The molecule has 0 bridgehead atoms. The number of rotatable bonds is 3. The second kappa shape index (κ2) is 6.86. The van der Waals surface area contributed by atoms with Crippen molar-refractivity contribution in [3.05, 3.63) is 52.2 Å². The minimum Gasteiger partial charge on any atom is -0.354 e. The molecule has 1 aliphatic heterocycles. The third-order valence-electron chi connectivity index (χ3n) is 5.06. The van der Waals surface area contributed by atoms with Crippen LogP contribution in [0.25, 0.3) is 5.65 Å². The first-order chi connectivity index (χ1) is 13.0. The molecule has 1 amide bonds. The summed E-state index contributed by atoms with van der Waals surface area (Å²) in [6.07, 6.45) is 6.77. The van der Waals surface area contributed by atoms with Gasteiger partial charge in [-0.25, -0.2) is 19.3 Å². The van der Waals surface area contributed by atoms with Gasteiger partial charge >= 0.3 is 5.69 Å². The van der Waals surface area contributed by atoms with Gasteiger partial charge in [0.05, 0.1) is 17.4 Å². The highest BCUT2D eigenvalue weighted by atomic mass is 16.2. The number of H-pyrrole nitrogens is 1. The van der Waals surface area contributed by atoms with Crippen molar-refractivity contribution in [3.63, 3.8) is 0 Å².